The number of benzene rings is 1. The van der Waals surface area contributed by atoms with Gasteiger partial charge in [-0.3, -0.25) is 4.79 Å². The molecule has 1 N–H and O–H groups in total. The highest BCUT2D eigenvalue weighted by molar-refractivity contribution is 6.06. The molecule has 0 saturated heterocycles. The van der Waals surface area contributed by atoms with E-state index in [9.17, 15) is 9.59 Å². The summed E-state index contributed by atoms with van der Waals surface area (Å²) >= 11 is 0. The fourth-order valence-electron chi connectivity index (χ4n) is 2.81. The second-order valence-corrected chi connectivity index (χ2v) is 4.56. The number of aryl methyl sites for hydroxylation is 1. The van der Waals surface area contributed by atoms with Crippen LogP contribution in [0.3, 0.4) is 0 Å². The van der Waals surface area contributed by atoms with Crippen molar-refractivity contribution in [3.63, 3.8) is 0 Å². The van der Waals surface area contributed by atoms with Gasteiger partial charge in [-0.05, 0) is 36.0 Å². The van der Waals surface area contributed by atoms with Crippen molar-refractivity contribution in [1.29, 1.82) is 0 Å². The van der Waals surface area contributed by atoms with Gasteiger partial charge in [-0.1, -0.05) is 18.2 Å². The average Bonchev–Trinajstić information content (AvgIpc) is 2.34. The van der Waals surface area contributed by atoms with Gasteiger partial charge >= 0.3 is 6.16 Å². The summed E-state index contributed by atoms with van der Waals surface area (Å²) in [4.78, 5) is 22.7. The van der Waals surface area contributed by atoms with Crippen LogP contribution in [0.15, 0.2) is 24.0 Å². The minimum atomic E-state index is -1.35. The Balaban J connectivity index is 2.20. The molecule has 0 saturated carbocycles. The molecule has 0 radical (unpaired) electrons. The Morgan fingerprint density at radius 3 is 2.89 bits per heavy atom. The van der Waals surface area contributed by atoms with E-state index in [-0.39, 0.29) is 12.2 Å². The van der Waals surface area contributed by atoms with Crippen LogP contribution in [0.2, 0.25) is 0 Å². The number of hydrogen-bond donors (Lipinski definition) is 1. The maximum absolute atomic E-state index is 12.0. The molecule has 0 bridgehead atoms. The van der Waals surface area contributed by atoms with Crippen molar-refractivity contribution >= 4 is 17.5 Å². The zero-order chi connectivity index (χ0) is 12.7. The van der Waals surface area contributed by atoms with E-state index < -0.39 is 6.16 Å². The molecule has 0 unspecified atom stereocenters. The molecule has 1 aromatic rings. The molecule has 4 nitrogen and oxygen atoms in total. The van der Waals surface area contributed by atoms with Crippen molar-refractivity contribution in [2.45, 2.75) is 25.7 Å². The fraction of sp³-hybridized carbons (Fsp3) is 0.286. The summed E-state index contributed by atoms with van der Waals surface area (Å²) in [6.45, 7) is 0. The second-order valence-electron chi connectivity index (χ2n) is 4.56. The summed E-state index contributed by atoms with van der Waals surface area (Å²) in [6.07, 6.45) is 1.38. The van der Waals surface area contributed by atoms with Gasteiger partial charge in [0, 0.05) is 5.56 Å². The summed E-state index contributed by atoms with van der Waals surface area (Å²) in [5, 5.41) is 8.73. The number of hydrogen-bond acceptors (Lipinski definition) is 3. The summed E-state index contributed by atoms with van der Waals surface area (Å²) in [7, 11) is 0. The van der Waals surface area contributed by atoms with Crippen molar-refractivity contribution in [3.8, 4) is 0 Å². The second kappa shape index (κ2) is 3.98. The Labute approximate surface area is 104 Å². The summed E-state index contributed by atoms with van der Waals surface area (Å²) in [6, 6.07) is 5.69. The molecule has 0 spiro atoms. The van der Waals surface area contributed by atoms with Gasteiger partial charge in [0.1, 0.15) is 5.76 Å². The quantitative estimate of drug-likeness (QED) is 0.771. The van der Waals surface area contributed by atoms with E-state index in [2.05, 4.69) is 0 Å². The third-order valence-corrected chi connectivity index (χ3v) is 3.49. The SMILES string of the molecule is O=C(O)OC1=C2CCCc3cccc(c32)C(=O)C1. The highest BCUT2D eigenvalue weighted by atomic mass is 16.7. The van der Waals surface area contributed by atoms with Crippen molar-refractivity contribution in [1.82, 2.24) is 0 Å². The highest BCUT2D eigenvalue weighted by Crippen LogP contribution is 2.40. The lowest BCUT2D eigenvalue weighted by Gasteiger charge is -2.27. The number of ketones is 1. The van der Waals surface area contributed by atoms with Gasteiger partial charge in [0.05, 0.1) is 6.42 Å². The first-order valence-corrected chi connectivity index (χ1v) is 5.95. The summed E-state index contributed by atoms with van der Waals surface area (Å²) < 4.78 is 4.79. The molecule has 0 aromatic heterocycles. The Morgan fingerprint density at radius 2 is 2.11 bits per heavy atom. The zero-order valence-corrected chi connectivity index (χ0v) is 9.73. The number of allylic oxidation sites excluding steroid dienone is 2. The van der Waals surface area contributed by atoms with Gasteiger partial charge in [0.25, 0.3) is 0 Å². The van der Waals surface area contributed by atoms with Crippen LogP contribution >= 0.6 is 0 Å². The zero-order valence-electron chi connectivity index (χ0n) is 9.73. The molecule has 3 rings (SSSR count). The molecule has 0 aliphatic heterocycles. The maximum atomic E-state index is 12.0. The first kappa shape index (κ1) is 11.0. The van der Waals surface area contributed by atoms with E-state index in [0.717, 1.165) is 36.0 Å². The molecule has 0 atom stereocenters. The molecular formula is C14H12O4. The van der Waals surface area contributed by atoms with E-state index in [1.165, 1.54) is 0 Å². The maximum Gasteiger partial charge on any atom is 0.511 e. The van der Waals surface area contributed by atoms with Crippen LogP contribution in [0.5, 0.6) is 0 Å². The van der Waals surface area contributed by atoms with Crippen LogP contribution in [-0.2, 0) is 11.2 Å². The normalized spacial score (nSPS) is 17.4. The molecule has 2 aliphatic carbocycles. The van der Waals surface area contributed by atoms with E-state index in [4.69, 9.17) is 9.84 Å². The molecule has 18 heavy (non-hydrogen) atoms. The Bertz CT molecular complexity index is 583. The largest absolute Gasteiger partial charge is 0.511 e. The smallest absolute Gasteiger partial charge is 0.449 e. The van der Waals surface area contributed by atoms with E-state index in [1.807, 2.05) is 18.2 Å². The first-order valence-electron chi connectivity index (χ1n) is 5.95. The molecule has 0 amide bonds. The van der Waals surface area contributed by atoms with Gasteiger partial charge in [-0.2, -0.15) is 0 Å². The number of ether oxygens (including phenoxy) is 1. The Hall–Kier alpha value is -2.10. The molecule has 0 fully saturated rings. The minimum absolute atomic E-state index is 0.0537. The predicted octanol–water partition coefficient (Wildman–Crippen LogP) is 3.02. The standard InChI is InChI=1S/C14H12O4/c15-11-7-12(18-14(16)17)10-6-2-4-8-3-1-5-9(11)13(8)10/h1,3,5H,2,4,6-7H2,(H,16,17). The highest BCUT2D eigenvalue weighted by Gasteiger charge is 2.30. The van der Waals surface area contributed by atoms with Crippen LogP contribution in [-0.4, -0.2) is 17.0 Å². The number of Topliss-reactive ketones (excluding diaryl/α,β-unsaturated/α-hetero) is 1. The number of carbonyl (C=O) groups excluding carboxylic acids is 1. The molecule has 4 heteroatoms. The third kappa shape index (κ3) is 1.61. The van der Waals surface area contributed by atoms with Crippen LogP contribution in [0.25, 0.3) is 5.57 Å². The Kier molecular flexibility index (Phi) is 2.44. The lowest BCUT2D eigenvalue weighted by atomic mass is 9.78. The minimum Gasteiger partial charge on any atom is -0.449 e. The Morgan fingerprint density at radius 1 is 1.28 bits per heavy atom. The van der Waals surface area contributed by atoms with E-state index in [0.29, 0.717) is 11.3 Å². The van der Waals surface area contributed by atoms with Crippen LogP contribution in [0, 0.1) is 0 Å². The lowest BCUT2D eigenvalue weighted by molar-refractivity contribution is 0.0938. The molecule has 92 valence electrons. The fourth-order valence-corrected chi connectivity index (χ4v) is 2.81. The van der Waals surface area contributed by atoms with Crippen molar-refractivity contribution in [3.05, 3.63) is 40.6 Å². The molecule has 2 aliphatic rings. The van der Waals surface area contributed by atoms with Gasteiger partial charge in [-0.25, -0.2) is 4.79 Å². The predicted molar refractivity (Wildman–Crippen MR) is 64.4 cm³/mol. The summed E-state index contributed by atoms with van der Waals surface area (Å²) in [5.41, 5.74) is 3.64. The summed E-state index contributed by atoms with van der Waals surface area (Å²) in [5.74, 6) is 0.251. The molecular weight excluding hydrogens is 232 g/mol. The van der Waals surface area contributed by atoms with Gasteiger partial charge in [-0.15, -0.1) is 0 Å². The average molecular weight is 244 g/mol. The van der Waals surface area contributed by atoms with Crippen molar-refractivity contribution < 1.29 is 19.4 Å². The van der Waals surface area contributed by atoms with E-state index >= 15 is 0 Å². The first-order chi connectivity index (χ1) is 8.66. The van der Waals surface area contributed by atoms with E-state index in [1.54, 1.807) is 0 Å². The third-order valence-electron chi connectivity index (χ3n) is 3.49. The number of carboxylic acid groups (broad SMARTS) is 1. The monoisotopic (exact) mass is 244 g/mol. The lowest BCUT2D eigenvalue weighted by Crippen LogP contribution is -2.19. The van der Waals surface area contributed by atoms with Crippen molar-refractivity contribution in [2.24, 2.45) is 0 Å². The van der Waals surface area contributed by atoms with Gasteiger partial charge in [0.2, 0.25) is 0 Å². The van der Waals surface area contributed by atoms with Crippen LogP contribution in [0.1, 0.15) is 40.7 Å². The van der Waals surface area contributed by atoms with Gasteiger partial charge in [0.15, 0.2) is 5.78 Å². The number of rotatable bonds is 1. The van der Waals surface area contributed by atoms with Crippen LogP contribution in [0.4, 0.5) is 4.79 Å². The van der Waals surface area contributed by atoms with Crippen LogP contribution < -0.4 is 0 Å². The van der Waals surface area contributed by atoms with Crippen molar-refractivity contribution in [2.75, 3.05) is 0 Å². The number of carbonyl (C=O) groups is 2. The topological polar surface area (TPSA) is 63.6 Å². The van der Waals surface area contributed by atoms with Gasteiger partial charge < -0.3 is 9.84 Å². The molecule has 1 aromatic carbocycles. The molecule has 0 heterocycles.